The molecule has 3 fully saturated rings. The minimum atomic E-state index is 0. The lowest BCUT2D eigenvalue weighted by atomic mass is 10.1. The number of nitrogens with one attached hydrogen (secondary N) is 2. The average Bonchev–Trinajstić information content (AvgIpc) is 3.28. The predicted octanol–water partition coefficient (Wildman–Crippen LogP) is 1.51. The van der Waals surface area contributed by atoms with Crippen LogP contribution in [0.2, 0.25) is 0 Å². The molecule has 6 nitrogen and oxygen atoms in total. The van der Waals surface area contributed by atoms with Gasteiger partial charge in [-0.3, -0.25) is 14.7 Å². The SMILES string of the molecule is CN=C(NCCN1CCN(C(=O)C2CCCC2)CC1)NCC1CC1.I. The Bertz CT molecular complexity index is 441. The van der Waals surface area contributed by atoms with Crippen LogP contribution in [0.3, 0.4) is 0 Å². The van der Waals surface area contributed by atoms with Gasteiger partial charge in [0.05, 0.1) is 0 Å². The summed E-state index contributed by atoms with van der Waals surface area (Å²) in [5, 5.41) is 6.79. The molecule has 1 saturated heterocycles. The third kappa shape index (κ3) is 6.58. The first-order chi connectivity index (χ1) is 11.8. The second-order valence-corrected chi connectivity index (χ2v) is 7.47. The quantitative estimate of drug-likeness (QED) is 0.356. The van der Waals surface area contributed by atoms with Gasteiger partial charge in [-0.15, -0.1) is 24.0 Å². The third-order valence-corrected chi connectivity index (χ3v) is 5.59. The van der Waals surface area contributed by atoms with E-state index in [4.69, 9.17) is 0 Å². The van der Waals surface area contributed by atoms with E-state index >= 15 is 0 Å². The number of rotatable bonds is 6. The van der Waals surface area contributed by atoms with Gasteiger partial charge in [-0.25, -0.2) is 0 Å². The highest BCUT2D eigenvalue weighted by molar-refractivity contribution is 14.0. The van der Waals surface area contributed by atoms with Crippen LogP contribution in [0.25, 0.3) is 0 Å². The fraction of sp³-hybridized carbons (Fsp3) is 0.889. The summed E-state index contributed by atoms with van der Waals surface area (Å²) in [5.41, 5.74) is 0. The van der Waals surface area contributed by atoms with Crippen molar-refractivity contribution >= 4 is 35.8 Å². The van der Waals surface area contributed by atoms with E-state index in [1.54, 1.807) is 0 Å². The number of aliphatic imine (C=N–C) groups is 1. The van der Waals surface area contributed by atoms with E-state index in [2.05, 4.69) is 25.4 Å². The molecule has 2 saturated carbocycles. The van der Waals surface area contributed by atoms with E-state index in [1.165, 1.54) is 25.7 Å². The van der Waals surface area contributed by atoms with Crippen molar-refractivity contribution in [2.75, 3.05) is 52.9 Å². The number of nitrogens with zero attached hydrogens (tertiary/aromatic N) is 3. The maximum absolute atomic E-state index is 12.5. The van der Waals surface area contributed by atoms with Gasteiger partial charge in [0.25, 0.3) is 0 Å². The van der Waals surface area contributed by atoms with Crippen molar-refractivity contribution < 1.29 is 4.79 Å². The Labute approximate surface area is 169 Å². The Morgan fingerprint density at radius 1 is 1.04 bits per heavy atom. The van der Waals surface area contributed by atoms with Crippen LogP contribution in [0.4, 0.5) is 0 Å². The Hall–Kier alpha value is -0.570. The third-order valence-electron chi connectivity index (χ3n) is 5.59. The van der Waals surface area contributed by atoms with Gasteiger partial charge in [0.1, 0.15) is 0 Å². The summed E-state index contributed by atoms with van der Waals surface area (Å²) in [6.45, 7) is 6.73. The molecule has 0 aromatic carbocycles. The fourth-order valence-corrected chi connectivity index (χ4v) is 3.74. The van der Waals surface area contributed by atoms with E-state index in [1.807, 2.05) is 7.05 Å². The minimum absolute atomic E-state index is 0. The average molecular weight is 463 g/mol. The maximum Gasteiger partial charge on any atom is 0.225 e. The normalized spacial score (nSPS) is 22.6. The molecule has 1 aliphatic heterocycles. The second kappa shape index (κ2) is 10.5. The number of carbonyl (C=O) groups excluding carboxylic acids is 1. The van der Waals surface area contributed by atoms with Crippen LogP contribution < -0.4 is 10.6 Å². The van der Waals surface area contributed by atoms with Gasteiger partial charge in [0.2, 0.25) is 5.91 Å². The predicted molar refractivity (Wildman–Crippen MR) is 112 cm³/mol. The molecular formula is C18H34IN5O. The summed E-state index contributed by atoms with van der Waals surface area (Å²) in [6.07, 6.45) is 7.39. The Balaban J connectivity index is 0.00000225. The molecule has 3 aliphatic rings. The molecule has 7 heteroatoms. The van der Waals surface area contributed by atoms with Crippen molar-refractivity contribution in [3.05, 3.63) is 0 Å². The molecule has 0 spiro atoms. The molecule has 0 bridgehead atoms. The standard InChI is InChI=1S/C18H33N5O.HI/c1-19-18(21-14-15-6-7-15)20-8-9-22-10-12-23(13-11-22)17(24)16-4-2-3-5-16;/h15-16H,2-14H2,1H3,(H2,19,20,21);1H. The number of guanidine groups is 1. The monoisotopic (exact) mass is 463 g/mol. The number of hydrogen-bond donors (Lipinski definition) is 2. The van der Waals surface area contributed by atoms with Crippen molar-refractivity contribution in [3.63, 3.8) is 0 Å². The van der Waals surface area contributed by atoms with E-state index in [9.17, 15) is 4.79 Å². The summed E-state index contributed by atoms with van der Waals surface area (Å²) in [4.78, 5) is 21.3. The molecule has 3 rings (SSSR count). The van der Waals surface area contributed by atoms with Crippen LogP contribution in [-0.4, -0.2) is 74.5 Å². The molecule has 144 valence electrons. The Kier molecular flexibility index (Phi) is 8.75. The van der Waals surface area contributed by atoms with Crippen molar-refractivity contribution in [1.82, 2.24) is 20.4 Å². The number of halogens is 1. The first kappa shape index (κ1) is 20.7. The molecule has 1 amide bonds. The summed E-state index contributed by atoms with van der Waals surface area (Å²) < 4.78 is 0. The summed E-state index contributed by atoms with van der Waals surface area (Å²) in [5.74, 6) is 2.50. The highest BCUT2D eigenvalue weighted by Gasteiger charge is 2.29. The molecule has 0 unspecified atom stereocenters. The van der Waals surface area contributed by atoms with Gasteiger partial charge in [-0.05, 0) is 31.6 Å². The Morgan fingerprint density at radius 2 is 1.72 bits per heavy atom. The van der Waals surface area contributed by atoms with E-state index in [0.29, 0.717) is 11.8 Å². The van der Waals surface area contributed by atoms with Crippen LogP contribution in [0, 0.1) is 11.8 Å². The summed E-state index contributed by atoms with van der Waals surface area (Å²) in [7, 11) is 1.83. The van der Waals surface area contributed by atoms with Gasteiger partial charge in [-0.2, -0.15) is 0 Å². The molecule has 0 atom stereocenters. The molecule has 25 heavy (non-hydrogen) atoms. The number of piperazine rings is 1. The highest BCUT2D eigenvalue weighted by atomic mass is 127. The lowest BCUT2D eigenvalue weighted by Gasteiger charge is -2.36. The van der Waals surface area contributed by atoms with Crippen molar-refractivity contribution in [1.29, 1.82) is 0 Å². The summed E-state index contributed by atoms with van der Waals surface area (Å²) in [6, 6.07) is 0. The maximum atomic E-state index is 12.5. The zero-order valence-electron chi connectivity index (χ0n) is 15.5. The lowest BCUT2D eigenvalue weighted by molar-refractivity contribution is -0.137. The zero-order valence-corrected chi connectivity index (χ0v) is 17.8. The van der Waals surface area contributed by atoms with Gasteiger partial charge in [0.15, 0.2) is 5.96 Å². The highest BCUT2D eigenvalue weighted by Crippen LogP contribution is 2.27. The van der Waals surface area contributed by atoms with Crippen LogP contribution in [0.5, 0.6) is 0 Å². The largest absolute Gasteiger partial charge is 0.356 e. The van der Waals surface area contributed by atoms with Crippen molar-refractivity contribution in [2.45, 2.75) is 38.5 Å². The van der Waals surface area contributed by atoms with Crippen molar-refractivity contribution in [3.8, 4) is 0 Å². The second-order valence-electron chi connectivity index (χ2n) is 7.47. The fourth-order valence-electron chi connectivity index (χ4n) is 3.74. The molecule has 0 aromatic heterocycles. The van der Waals surface area contributed by atoms with Crippen LogP contribution in [0.15, 0.2) is 4.99 Å². The van der Waals surface area contributed by atoms with Gasteiger partial charge >= 0.3 is 0 Å². The number of amides is 1. The van der Waals surface area contributed by atoms with Crippen LogP contribution in [0.1, 0.15) is 38.5 Å². The molecular weight excluding hydrogens is 429 g/mol. The van der Waals surface area contributed by atoms with Crippen LogP contribution in [-0.2, 0) is 4.79 Å². The molecule has 2 N–H and O–H groups in total. The van der Waals surface area contributed by atoms with E-state index in [-0.39, 0.29) is 24.0 Å². The molecule has 0 aromatic rings. The van der Waals surface area contributed by atoms with Gasteiger partial charge in [-0.1, -0.05) is 12.8 Å². The topological polar surface area (TPSA) is 60.0 Å². The molecule has 0 radical (unpaired) electrons. The lowest BCUT2D eigenvalue weighted by Crippen LogP contribution is -2.52. The summed E-state index contributed by atoms with van der Waals surface area (Å²) >= 11 is 0. The van der Waals surface area contributed by atoms with Gasteiger partial charge < -0.3 is 15.5 Å². The first-order valence-corrected chi connectivity index (χ1v) is 9.72. The van der Waals surface area contributed by atoms with Crippen molar-refractivity contribution in [2.24, 2.45) is 16.8 Å². The van der Waals surface area contributed by atoms with Crippen LogP contribution >= 0.6 is 24.0 Å². The van der Waals surface area contributed by atoms with Gasteiger partial charge in [0, 0.05) is 58.8 Å². The Morgan fingerprint density at radius 3 is 2.32 bits per heavy atom. The minimum Gasteiger partial charge on any atom is -0.356 e. The first-order valence-electron chi connectivity index (χ1n) is 9.72. The number of carbonyl (C=O) groups is 1. The zero-order chi connectivity index (χ0) is 16.8. The molecule has 1 heterocycles. The molecule has 2 aliphatic carbocycles. The van der Waals surface area contributed by atoms with E-state index < -0.39 is 0 Å². The van der Waals surface area contributed by atoms with E-state index in [0.717, 1.165) is 70.5 Å². The number of hydrogen-bond acceptors (Lipinski definition) is 3. The smallest absolute Gasteiger partial charge is 0.225 e.